The molecule has 0 fully saturated rings. The van der Waals surface area contributed by atoms with E-state index >= 15 is 0 Å². The molecule has 2 unspecified atom stereocenters. The van der Waals surface area contributed by atoms with E-state index in [-0.39, 0.29) is 11.8 Å². The Labute approximate surface area is 151 Å². The molecule has 2 aliphatic heterocycles. The predicted molar refractivity (Wildman–Crippen MR) is 93.9 cm³/mol. The number of nitrogens with one attached hydrogen (secondary N) is 1. The lowest BCUT2D eigenvalue weighted by molar-refractivity contribution is 0.0996. The summed E-state index contributed by atoms with van der Waals surface area (Å²) in [6, 6.07) is 9.25. The maximum atomic E-state index is 13.3. The molecule has 0 saturated carbocycles. The smallest absolute Gasteiger partial charge is 0.260 e. The Kier molecular flexibility index (Phi) is 3.91. The van der Waals surface area contributed by atoms with Crippen molar-refractivity contribution >= 4 is 33.4 Å². The number of alkyl halides is 1. The zero-order chi connectivity index (χ0) is 17.6. The molecule has 0 radical (unpaired) electrons. The minimum atomic E-state index is -1.30. The number of hydrogen-bond donors (Lipinski definition) is 1. The summed E-state index contributed by atoms with van der Waals surface area (Å²) in [4.78, 5) is 18.9. The van der Waals surface area contributed by atoms with Crippen LogP contribution in [0.1, 0.15) is 34.8 Å². The van der Waals surface area contributed by atoms with Crippen molar-refractivity contribution in [2.24, 2.45) is 5.10 Å². The zero-order valence-corrected chi connectivity index (χ0v) is 14.8. The second-order valence-electron chi connectivity index (χ2n) is 5.80. The average Bonchev–Trinajstić information content (AvgIpc) is 3.21. The molecule has 1 aromatic carbocycles. The molecule has 1 amide bonds. The van der Waals surface area contributed by atoms with Gasteiger partial charge in [0, 0.05) is 16.2 Å². The first-order chi connectivity index (χ1) is 12.0. The molecule has 25 heavy (non-hydrogen) atoms. The van der Waals surface area contributed by atoms with Crippen molar-refractivity contribution in [3.63, 3.8) is 0 Å². The number of para-hydroxylation sites is 1. The van der Waals surface area contributed by atoms with Crippen LogP contribution in [-0.2, 0) is 11.3 Å². The van der Waals surface area contributed by atoms with Crippen molar-refractivity contribution in [3.05, 3.63) is 57.8 Å². The van der Waals surface area contributed by atoms with E-state index < -0.39 is 12.4 Å². The van der Waals surface area contributed by atoms with Gasteiger partial charge in [-0.1, -0.05) is 12.1 Å². The van der Waals surface area contributed by atoms with E-state index in [1.807, 2.05) is 24.3 Å². The van der Waals surface area contributed by atoms with Crippen LogP contribution in [0, 0.1) is 0 Å². The minimum absolute atomic E-state index is 0.00772. The van der Waals surface area contributed by atoms with Crippen molar-refractivity contribution in [1.82, 2.24) is 10.4 Å². The molecule has 0 spiro atoms. The van der Waals surface area contributed by atoms with Crippen LogP contribution in [0.4, 0.5) is 10.1 Å². The van der Waals surface area contributed by atoms with E-state index in [4.69, 9.17) is 4.74 Å². The molecule has 6 nitrogen and oxygen atoms in total. The maximum Gasteiger partial charge on any atom is 0.260 e. The van der Waals surface area contributed by atoms with Crippen molar-refractivity contribution in [2.75, 3.05) is 4.90 Å². The zero-order valence-electron chi connectivity index (χ0n) is 13.2. The SMILES string of the molecule is CC(F)C1=NNC(c2cnc3c(c2)C(=O)N(c2ccccc2Br)C3)O1. The van der Waals surface area contributed by atoms with Gasteiger partial charge in [0.2, 0.25) is 12.1 Å². The molecule has 0 saturated heterocycles. The van der Waals surface area contributed by atoms with Crippen LogP contribution in [0.3, 0.4) is 0 Å². The van der Waals surface area contributed by atoms with Crippen LogP contribution in [0.25, 0.3) is 0 Å². The van der Waals surface area contributed by atoms with E-state index in [9.17, 15) is 9.18 Å². The molecular weight excluding hydrogens is 391 g/mol. The number of carbonyl (C=O) groups is 1. The Morgan fingerprint density at radius 3 is 2.96 bits per heavy atom. The molecule has 4 rings (SSSR count). The third-order valence-corrected chi connectivity index (χ3v) is 4.76. The quantitative estimate of drug-likeness (QED) is 0.851. The maximum absolute atomic E-state index is 13.3. The van der Waals surface area contributed by atoms with Gasteiger partial charge in [-0.3, -0.25) is 15.2 Å². The second kappa shape index (κ2) is 6.11. The molecule has 1 N–H and O–H groups in total. The fourth-order valence-corrected chi connectivity index (χ4v) is 3.32. The third-order valence-electron chi connectivity index (χ3n) is 4.09. The van der Waals surface area contributed by atoms with E-state index in [1.54, 1.807) is 17.2 Å². The lowest BCUT2D eigenvalue weighted by atomic mass is 10.1. The molecule has 0 aliphatic carbocycles. The van der Waals surface area contributed by atoms with E-state index in [2.05, 4.69) is 31.4 Å². The fourth-order valence-electron chi connectivity index (χ4n) is 2.82. The van der Waals surface area contributed by atoms with Gasteiger partial charge in [-0.25, -0.2) is 4.39 Å². The van der Waals surface area contributed by atoms with Crippen LogP contribution in [0.2, 0.25) is 0 Å². The highest BCUT2D eigenvalue weighted by atomic mass is 79.9. The topological polar surface area (TPSA) is 66.8 Å². The van der Waals surface area contributed by atoms with Gasteiger partial charge in [-0.15, -0.1) is 5.10 Å². The highest BCUT2D eigenvalue weighted by molar-refractivity contribution is 9.10. The Morgan fingerprint density at radius 2 is 2.24 bits per heavy atom. The number of ether oxygens (including phenoxy) is 1. The van der Waals surface area contributed by atoms with Gasteiger partial charge in [0.05, 0.1) is 23.5 Å². The number of anilines is 1. The largest absolute Gasteiger partial charge is 0.448 e. The second-order valence-corrected chi connectivity index (χ2v) is 6.65. The van der Waals surface area contributed by atoms with Crippen molar-refractivity contribution in [1.29, 1.82) is 0 Å². The first kappa shape index (κ1) is 16.0. The average molecular weight is 405 g/mol. The summed E-state index contributed by atoms with van der Waals surface area (Å²) in [7, 11) is 0. The van der Waals surface area contributed by atoms with Crippen LogP contribution in [0.5, 0.6) is 0 Å². The first-order valence-electron chi connectivity index (χ1n) is 7.73. The fraction of sp³-hybridized carbons (Fsp3) is 0.235. The van der Waals surface area contributed by atoms with Gasteiger partial charge in [-0.05, 0) is 41.1 Å². The summed E-state index contributed by atoms with van der Waals surface area (Å²) in [5.74, 6) is -0.138. The number of pyridine rings is 1. The van der Waals surface area contributed by atoms with Gasteiger partial charge < -0.3 is 9.64 Å². The number of carbonyl (C=O) groups excluding carboxylic acids is 1. The monoisotopic (exact) mass is 404 g/mol. The van der Waals surface area contributed by atoms with Gasteiger partial charge in [0.1, 0.15) is 0 Å². The molecule has 2 aromatic rings. The molecule has 3 heterocycles. The number of fused-ring (bicyclic) bond motifs is 1. The molecule has 8 heteroatoms. The first-order valence-corrected chi connectivity index (χ1v) is 8.53. The molecular formula is C17H14BrFN4O2. The van der Waals surface area contributed by atoms with Crippen LogP contribution in [-0.4, -0.2) is 23.0 Å². The van der Waals surface area contributed by atoms with E-state index in [1.165, 1.54) is 6.92 Å². The number of nitrogens with zero attached hydrogens (tertiary/aromatic N) is 3. The lowest BCUT2D eigenvalue weighted by Gasteiger charge is -2.16. The number of rotatable bonds is 3. The summed E-state index contributed by atoms with van der Waals surface area (Å²) in [5.41, 5.74) is 5.34. The van der Waals surface area contributed by atoms with Crippen LogP contribution in [0.15, 0.2) is 46.1 Å². The summed E-state index contributed by atoms with van der Waals surface area (Å²) in [6.45, 7) is 1.75. The Hall–Kier alpha value is -2.48. The Bertz CT molecular complexity index is 887. The summed E-state index contributed by atoms with van der Waals surface area (Å²) >= 11 is 3.47. The molecule has 1 aromatic heterocycles. The van der Waals surface area contributed by atoms with Gasteiger partial charge >= 0.3 is 0 Å². The van der Waals surface area contributed by atoms with E-state index in [0.717, 1.165) is 10.2 Å². The Morgan fingerprint density at radius 1 is 1.44 bits per heavy atom. The number of amides is 1. The van der Waals surface area contributed by atoms with Crippen LogP contribution < -0.4 is 10.3 Å². The molecule has 2 atom stereocenters. The van der Waals surface area contributed by atoms with Gasteiger partial charge in [0.25, 0.3) is 5.91 Å². The lowest BCUT2D eigenvalue weighted by Crippen LogP contribution is -2.23. The van der Waals surface area contributed by atoms with Crippen molar-refractivity contribution in [3.8, 4) is 0 Å². The van der Waals surface area contributed by atoms with Crippen LogP contribution >= 0.6 is 15.9 Å². The molecule has 128 valence electrons. The van der Waals surface area contributed by atoms with Crippen molar-refractivity contribution in [2.45, 2.75) is 25.9 Å². The summed E-state index contributed by atoms with van der Waals surface area (Å²) < 4.78 is 19.5. The number of hydrazone groups is 1. The normalized spacial score (nSPS) is 20.0. The van der Waals surface area contributed by atoms with Crippen molar-refractivity contribution < 1.29 is 13.9 Å². The third kappa shape index (κ3) is 2.76. The molecule has 2 aliphatic rings. The number of halogens is 2. The summed E-state index contributed by atoms with van der Waals surface area (Å²) in [5, 5.41) is 3.82. The highest BCUT2D eigenvalue weighted by Crippen LogP contribution is 2.33. The van der Waals surface area contributed by atoms with Gasteiger partial charge in [-0.2, -0.15) is 0 Å². The number of benzene rings is 1. The molecule has 0 bridgehead atoms. The number of aromatic nitrogens is 1. The minimum Gasteiger partial charge on any atom is -0.448 e. The van der Waals surface area contributed by atoms with Gasteiger partial charge in [0.15, 0.2) is 6.17 Å². The standard InChI is InChI=1S/C17H14BrFN4O2/c1-9(19)15-21-22-16(25-15)10-6-11-13(20-7-10)8-23(17(11)24)14-5-3-2-4-12(14)18/h2-7,9,16,22H,8H2,1H3. The predicted octanol–water partition coefficient (Wildman–Crippen LogP) is 3.29. The van der Waals surface area contributed by atoms with E-state index in [0.29, 0.717) is 23.4 Å². The number of hydrogen-bond acceptors (Lipinski definition) is 5. The summed E-state index contributed by atoms with van der Waals surface area (Å²) in [6.07, 6.45) is -0.321. The Balaban J connectivity index is 1.60. The highest BCUT2D eigenvalue weighted by Gasteiger charge is 2.33.